The molecule has 0 aromatic carbocycles. The van der Waals surface area contributed by atoms with Crippen LogP contribution in [0.2, 0.25) is 0 Å². The number of carboxylic acids is 1. The maximum atomic E-state index is 10.9. The number of likely N-dealkylation sites (N-methyl/N-ethyl adjacent to an activating group) is 1. The SMILES string of the molecule is CCN(CCO)C(C(=O)O)C1CC1. The summed E-state index contributed by atoms with van der Waals surface area (Å²) in [6.45, 7) is 3.11. The van der Waals surface area contributed by atoms with Gasteiger partial charge < -0.3 is 10.2 Å². The van der Waals surface area contributed by atoms with Crippen LogP contribution >= 0.6 is 0 Å². The van der Waals surface area contributed by atoms with Gasteiger partial charge in [0.05, 0.1) is 6.61 Å². The van der Waals surface area contributed by atoms with Crippen molar-refractivity contribution in [2.75, 3.05) is 19.7 Å². The molecule has 0 aromatic heterocycles. The zero-order chi connectivity index (χ0) is 9.84. The molecule has 76 valence electrons. The topological polar surface area (TPSA) is 60.8 Å². The van der Waals surface area contributed by atoms with E-state index >= 15 is 0 Å². The van der Waals surface area contributed by atoms with Crippen LogP contribution in [0.25, 0.3) is 0 Å². The summed E-state index contributed by atoms with van der Waals surface area (Å²) in [6.07, 6.45) is 2.03. The molecule has 1 unspecified atom stereocenters. The van der Waals surface area contributed by atoms with E-state index in [9.17, 15) is 4.79 Å². The van der Waals surface area contributed by atoms with E-state index in [4.69, 9.17) is 10.2 Å². The number of aliphatic hydroxyl groups excluding tert-OH is 1. The van der Waals surface area contributed by atoms with Crippen LogP contribution in [0.15, 0.2) is 0 Å². The Hall–Kier alpha value is -0.610. The van der Waals surface area contributed by atoms with Gasteiger partial charge in [0.2, 0.25) is 0 Å². The van der Waals surface area contributed by atoms with Crippen LogP contribution in [0.3, 0.4) is 0 Å². The Morgan fingerprint density at radius 3 is 2.54 bits per heavy atom. The molecule has 1 saturated carbocycles. The van der Waals surface area contributed by atoms with Gasteiger partial charge in [-0.2, -0.15) is 0 Å². The largest absolute Gasteiger partial charge is 0.480 e. The molecule has 0 saturated heterocycles. The molecule has 0 spiro atoms. The lowest BCUT2D eigenvalue weighted by Gasteiger charge is -2.26. The third-order valence-electron chi connectivity index (χ3n) is 2.51. The van der Waals surface area contributed by atoms with E-state index in [1.165, 1.54) is 0 Å². The van der Waals surface area contributed by atoms with Gasteiger partial charge in [-0.05, 0) is 25.3 Å². The molecule has 4 nitrogen and oxygen atoms in total. The lowest BCUT2D eigenvalue weighted by molar-refractivity contribution is -0.144. The smallest absolute Gasteiger partial charge is 0.321 e. The molecule has 1 atom stereocenters. The summed E-state index contributed by atoms with van der Waals surface area (Å²) in [6, 6.07) is -0.378. The summed E-state index contributed by atoms with van der Waals surface area (Å²) in [5.41, 5.74) is 0. The highest BCUT2D eigenvalue weighted by atomic mass is 16.4. The number of carbonyl (C=O) groups is 1. The molecule has 0 bridgehead atoms. The average Bonchev–Trinajstić information content (AvgIpc) is 2.86. The first kappa shape index (κ1) is 10.5. The second kappa shape index (κ2) is 4.58. The van der Waals surface area contributed by atoms with Crippen molar-refractivity contribution >= 4 is 5.97 Å². The van der Waals surface area contributed by atoms with Crippen molar-refractivity contribution < 1.29 is 15.0 Å². The van der Waals surface area contributed by atoms with Crippen LogP contribution in [-0.2, 0) is 4.79 Å². The van der Waals surface area contributed by atoms with Gasteiger partial charge in [-0.1, -0.05) is 6.92 Å². The van der Waals surface area contributed by atoms with Crippen molar-refractivity contribution in [2.24, 2.45) is 5.92 Å². The monoisotopic (exact) mass is 187 g/mol. The third kappa shape index (κ3) is 2.67. The number of rotatable bonds is 6. The van der Waals surface area contributed by atoms with Crippen LogP contribution in [0.4, 0.5) is 0 Å². The minimum Gasteiger partial charge on any atom is -0.480 e. The van der Waals surface area contributed by atoms with Crippen LogP contribution in [-0.4, -0.2) is 46.8 Å². The van der Waals surface area contributed by atoms with Gasteiger partial charge in [0.15, 0.2) is 0 Å². The van der Waals surface area contributed by atoms with Gasteiger partial charge in [-0.3, -0.25) is 9.69 Å². The van der Waals surface area contributed by atoms with Crippen molar-refractivity contribution in [3.8, 4) is 0 Å². The van der Waals surface area contributed by atoms with Crippen molar-refractivity contribution in [3.05, 3.63) is 0 Å². The number of aliphatic carboxylic acids is 1. The fraction of sp³-hybridized carbons (Fsp3) is 0.889. The molecule has 4 heteroatoms. The lowest BCUT2D eigenvalue weighted by Crippen LogP contribution is -2.44. The summed E-state index contributed by atoms with van der Waals surface area (Å²) in [5.74, 6) is -0.443. The highest BCUT2D eigenvalue weighted by Gasteiger charge is 2.39. The van der Waals surface area contributed by atoms with E-state index in [2.05, 4.69) is 0 Å². The molecule has 1 rings (SSSR count). The van der Waals surface area contributed by atoms with Gasteiger partial charge in [0.1, 0.15) is 6.04 Å². The summed E-state index contributed by atoms with van der Waals surface area (Å²) < 4.78 is 0. The molecular weight excluding hydrogens is 170 g/mol. The van der Waals surface area contributed by atoms with Gasteiger partial charge in [-0.25, -0.2) is 0 Å². The standard InChI is InChI=1S/C9H17NO3/c1-2-10(5-6-11)8(9(12)13)7-3-4-7/h7-8,11H,2-6H2,1H3,(H,12,13). The van der Waals surface area contributed by atoms with Crippen LogP contribution in [0.1, 0.15) is 19.8 Å². The molecule has 2 N–H and O–H groups in total. The molecule has 1 fully saturated rings. The first-order valence-electron chi connectivity index (χ1n) is 4.78. The highest BCUT2D eigenvalue weighted by molar-refractivity contribution is 5.74. The Labute approximate surface area is 78.2 Å². The second-order valence-corrected chi connectivity index (χ2v) is 3.47. The fourth-order valence-corrected chi connectivity index (χ4v) is 1.69. The van der Waals surface area contributed by atoms with Gasteiger partial charge >= 0.3 is 5.97 Å². The minimum absolute atomic E-state index is 0.0321. The molecule has 1 aliphatic carbocycles. The number of hydrogen-bond donors (Lipinski definition) is 2. The maximum Gasteiger partial charge on any atom is 0.321 e. The van der Waals surface area contributed by atoms with Crippen molar-refractivity contribution in [1.82, 2.24) is 4.90 Å². The first-order chi connectivity index (χ1) is 6.20. The Kier molecular flexibility index (Phi) is 3.69. The molecule has 1 aliphatic rings. The molecule has 0 heterocycles. The first-order valence-corrected chi connectivity index (χ1v) is 4.78. The van der Waals surface area contributed by atoms with E-state index in [1.54, 1.807) is 0 Å². The molecule has 0 amide bonds. The number of nitrogens with zero attached hydrogens (tertiary/aromatic N) is 1. The number of aliphatic hydroxyl groups is 1. The molecule has 0 aliphatic heterocycles. The Morgan fingerprint density at radius 1 is 1.62 bits per heavy atom. The third-order valence-corrected chi connectivity index (χ3v) is 2.51. The van der Waals surface area contributed by atoms with Gasteiger partial charge in [0.25, 0.3) is 0 Å². The van der Waals surface area contributed by atoms with E-state index < -0.39 is 5.97 Å². The van der Waals surface area contributed by atoms with Crippen LogP contribution in [0, 0.1) is 5.92 Å². The summed E-state index contributed by atoms with van der Waals surface area (Å²) in [4.78, 5) is 12.8. The number of carboxylic acid groups (broad SMARTS) is 1. The zero-order valence-corrected chi connectivity index (χ0v) is 7.94. The summed E-state index contributed by atoms with van der Waals surface area (Å²) >= 11 is 0. The van der Waals surface area contributed by atoms with Gasteiger partial charge in [-0.15, -0.1) is 0 Å². The molecule has 0 aromatic rings. The van der Waals surface area contributed by atoms with Crippen molar-refractivity contribution in [3.63, 3.8) is 0 Å². The van der Waals surface area contributed by atoms with Gasteiger partial charge in [0, 0.05) is 6.54 Å². The molecule has 13 heavy (non-hydrogen) atoms. The zero-order valence-electron chi connectivity index (χ0n) is 7.94. The van der Waals surface area contributed by atoms with Crippen LogP contribution < -0.4 is 0 Å². The fourth-order valence-electron chi connectivity index (χ4n) is 1.69. The van der Waals surface area contributed by atoms with E-state index in [0.29, 0.717) is 19.0 Å². The highest BCUT2D eigenvalue weighted by Crippen LogP contribution is 2.35. The van der Waals surface area contributed by atoms with E-state index in [-0.39, 0.29) is 12.6 Å². The molecular formula is C9H17NO3. The van der Waals surface area contributed by atoms with Crippen LogP contribution in [0.5, 0.6) is 0 Å². The summed E-state index contributed by atoms with van der Waals surface area (Å²) in [5, 5.41) is 17.8. The number of hydrogen-bond acceptors (Lipinski definition) is 3. The summed E-state index contributed by atoms with van der Waals surface area (Å²) in [7, 11) is 0. The van der Waals surface area contributed by atoms with E-state index in [0.717, 1.165) is 12.8 Å². The minimum atomic E-state index is -0.752. The Bertz CT molecular complexity index is 180. The van der Waals surface area contributed by atoms with Crippen molar-refractivity contribution in [1.29, 1.82) is 0 Å². The Morgan fingerprint density at radius 2 is 2.23 bits per heavy atom. The van der Waals surface area contributed by atoms with Crippen molar-refractivity contribution in [2.45, 2.75) is 25.8 Å². The quantitative estimate of drug-likeness (QED) is 0.622. The average molecular weight is 187 g/mol. The lowest BCUT2D eigenvalue weighted by atomic mass is 10.1. The predicted molar refractivity (Wildman–Crippen MR) is 48.5 cm³/mol. The molecule has 0 radical (unpaired) electrons. The maximum absolute atomic E-state index is 10.9. The van der Waals surface area contributed by atoms with E-state index in [1.807, 2.05) is 11.8 Å². The Balaban J connectivity index is 2.54. The second-order valence-electron chi connectivity index (χ2n) is 3.47. The normalized spacial score (nSPS) is 19.0. The predicted octanol–water partition coefficient (Wildman–Crippen LogP) is 0.164.